The average Bonchev–Trinajstić information content (AvgIpc) is 2.35. The van der Waals surface area contributed by atoms with E-state index in [0.29, 0.717) is 0 Å². The smallest absolute Gasteiger partial charge is 0.313 e. The zero-order valence-corrected chi connectivity index (χ0v) is 9.99. The van der Waals surface area contributed by atoms with Gasteiger partial charge in [0, 0.05) is 0 Å². The first-order valence-corrected chi connectivity index (χ1v) is 5.50. The highest BCUT2D eigenvalue weighted by atomic mass is 19.3. The second-order valence-corrected chi connectivity index (χ2v) is 3.44. The maximum atomic E-state index is 12.5. The van der Waals surface area contributed by atoms with E-state index in [1.54, 1.807) is 31.2 Å². The van der Waals surface area contributed by atoms with E-state index < -0.39 is 24.2 Å². The number of rotatable bonds is 6. The normalized spacial score (nSPS) is 9.72. The average molecular weight is 256 g/mol. The molecule has 0 fully saturated rings. The second kappa shape index (κ2) is 7.42. The van der Waals surface area contributed by atoms with Crippen LogP contribution in [0.3, 0.4) is 0 Å². The molecule has 0 aliphatic rings. The van der Waals surface area contributed by atoms with Gasteiger partial charge >= 0.3 is 12.0 Å². The number of esters is 1. The lowest BCUT2D eigenvalue weighted by Gasteiger charge is -2.09. The fourth-order valence-electron chi connectivity index (χ4n) is 1.26. The molecule has 0 bridgehead atoms. The molecule has 0 heterocycles. The van der Waals surface area contributed by atoms with Crippen LogP contribution < -0.4 is 0 Å². The largest absolute Gasteiger partial charge is 0.487 e. The van der Waals surface area contributed by atoms with E-state index >= 15 is 0 Å². The van der Waals surface area contributed by atoms with E-state index in [4.69, 9.17) is 4.74 Å². The molecule has 0 radical (unpaired) electrons. The predicted molar refractivity (Wildman–Crippen MR) is 61.7 cm³/mol. The molecule has 0 unspecified atom stereocenters. The molecule has 0 amide bonds. The Morgan fingerprint density at radius 3 is 2.39 bits per heavy atom. The monoisotopic (exact) mass is 256 g/mol. The predicted octanol–water partition coefficient (Wildman–Crippen LogP) is 3.26. The van der Waals surface area contributed by atoms with Gasteiger partial charge in [-0.25, -0.2) is 0 Å². The van der Waals surface area contributed by atoms with Crippen molar-refractivity contribution >= 4 is 5.97 Å². The van der Waals surface area contributed by atoms with Gasteiger partial charge in [0.1, 0.15) is 13.0 Å². The maximum Gasteiger partial charge on any atom is 0.313 e. The Kier molecular flexibility index (Phi) is 5.84. The number of carbonyl (C=O) groups excluding carboxylic acids is 1. The number of halogens is 2. The first-order valence-electron chi connectivity index (χ1n) is 5.50. The van der Waals surface area contributed by atoms with Crippen LogP contribution in [0.2, 0.25) is 0 Å². The first kappa shape index (κ1) is 14.2. The molecule has 0 aliphatic heterocycles. The molecule has 1 aromatic rings. The van der Waals surface area contributed by atoms with Crippen LogP contribution in [0.15, 0.2) is 42.2 Å². The van der Waals surface area contributed by atoms with Crippen LogP contribution >= 0.6 is 0 Å². The molecule has 5 heteroatoms. The van der Waals surface area contributed by atoms with Crippen LogP contribution in [-0.4, -0.2) is 12.6 Å². The molecule has 0 saturated heterocycles. The molecule has 0 atom stereocenters. The van der Waals surface area contributed by atoms with Crippen molar-refractivity contribution in [2.75, 3.05) is 6.61 Å². The van der Waals surface area contributed by atoms with E-state index in [1.165, 1.54) is 0 Å². The summed E-state index contributed by atoms with van der Waals surface area (Å²) in [5, 5.41) is 0. The van der Waals surface area contributed by atoms with E-state index in [1.807, 2.05) is 6.07 Å². The molecule has 0 saturated carbocycles. The standard InChI is InChI=1S/C13H14F2O3/c1-2-17-12(16)8-11(13(14)15)18-9-10-6-4-3-5-7-10/h3-7H,2,8-9H2,1H3. The highest BCUT2D eigenvalue weighted by molar-refractivity contribution is 5.71. The number of ether oxygens (including phenoxy) is 2. The maximum absolute atomic E-state index is 12.5. The van der Waals surface area contributed by atoms with Crippen LogP contribution in [0.4, 0.5) is 8.78 Å². The van der Waals surface area contributed by atoms with E-state index in [9.17, 15) is 13.6 Å². The summed E-state index contributed by atoms with van der Waals surface area (Å²) in [7, 11) is 0. The third kappa shape index (κ3) is 4.95. The fraction of sp³-hybridized carbons (Fsp3) is 0.308. The van der Waals surface area contributed by atoms with Gasteiger partial charge in [0.15, 0.2) is 5.76 Å². The quantitative estimate of drug-likeness (QED) is 0.579. The van der Waals surface area contributed by atoms with Gasteiger partial charge in [0.05, 0.1) is 6.61 Å². The van der Waals surface area contributed by atoms with Gasteiger partial charge in [-0.15, -0.1) is 0 Å². The molecule has 1 rings (SSSR count). The molecule has 0 N–H and O–H groups in total. The van der Waals surface area contributed by atoms with E-state index in [2.05, 4.69) is 4.74 Å². The van der Waals surface area contributed by atoms with Crippen molar-refractivity contribution in [3.8, 4) is 0 Å². The van der Waals surface area contributed by atoms with Crippen molar-refractivity contribution < 1.29 is 23.0 Å². The van der Waals surface area contributed by atoms with Crippen molar-refractivity contribution in [2.45, 2.75) is 20.0 Å². The van der Waals surface area contributed by atoms with Gasteiger partial charge < -0.3 is 9.47 Å². The summed E-state index contributed by atoms with van der Waals surface area (Å²) in [6.45, 7) is 1.75. The van der Waals surface area contributed by atoms with Crippen LogP contribution in [-0.2, 0) is 20.9 Å². The summed E-state index contributed by atoms with van der Waals surface area (Å²) in [4.78, 5) is 11.1. The summed E-state index contributed by atoms with van der Waals surface area (Å²) in [6, 6.07) is 8.86. The Labute approximate surface area is 104 Å². The van der Waals surface area contributed by atoms with Crippen molar-refractivity contribution in [1.82, 2.24) is 0 Å². The Bertz CT molecular complexity index is 412. The van der Waals surface area contributed by atoms with Gasteiger partial charge in [-0.2, -0.15) is 8.78 Å². The number of hydrogen-bond donors (Lipinski definition) is 0. The molecular formula is C13H14F2O3. The molecule has 3 nitrogen and oxygen atoms in total. The minimum Gasteiger partial charge on any atom is -0.487 e. The number of carbonyl (C=O) groups is 1. The Morgan fingerprint density at radius 2 is 1.83 bits per heavy atom. The summed E-state index contributed by atoms with van der Waals surface area (Å²) in [5.41, 5.74) is 0.750. The van der Waals surface area contributed by atoms with Gasteiger partial charge in [0.25, 0.3) is 0 Å². The Hall–Kier alpha value is -1.91. The summed E-state index contributed by atoms with van der Waals surface area (Å²) in [5.74, 6) is -1.37. The third-order valence-electron chi connectivity index (χ3n) is 2.08. The molecule has 98 valence electrons. The van der Waals surface area contributed by atoms with Crippen LogP contribution in [0.25, 0.3) is 0 Å². The summed E-state index contributed by atoms with van der Waals surface area (Å²) < 4.78 is 34.6. The number of benzene rings is 1. The van der Waals surface area contributed by atoms with Crippen LogP contribution in [0.5, 0.6) is 0 Å². The first-order chi connectivity index (χ1) is 8.63. The second-order valence-electron chi connectivity index (χ2n) is 3.44. The Morgan fingerprint density at radius 1 is 1.17 bits per heavy atom. The van der Waals surface area contributed by atoms with Crippen LogP contribution in [0.1, 0.15) is 18.9 Å². The molecule has 18 heavy (non-hydrogen) atoms. The molecular weight excluding hydrogens is 242 g/mol. The highest BCUT2D eigenvalue weighted by Gasteiger charge is 2.14. The lowest BCUT2D eigenvalue weighted by molar-refractivity contribution is -0.143. The van der Waals surface area contributed by atoms with Gasteiger partial charge in [-0.05, 0) is 12.5 Å². The zero-order chi connectivity index (χ0) is 13.4. The van der Waals surface area contributed by atoms with Gasteiger partial charge in [-0.1, -0.05) is 30.3 Å². The van der Waals surface area contributed by atoms with Gasteiger partial charge in [-0.3, -0.25) is 4.79 Å². The van der Waals surface area contributed by atoms with E-state index in [0.717, 1.165) is 5.56 Å². The SMILES string of the molecule is CCOC(=O)CC(OCc1ccccc1)=C(F)F. The van der Waals surface area contributed by atoms with Gasteiger partial charge in [0.2, 0.25) is 0 Å². The lowest BCUT2D eigenvalue weighted by Crippen LogP contribution is -2.07. The van der Waals surface area contributed by atoms with Crippen LogP contribution in [0, 0.1) is 0 Å². The zero-order valence-electron chi connectivity index (χ0n) is 9.99. The third-order valence-corrected chi connectivity index (χ3v) is 2.08. The highest BCUT2D eigenvalue weighted by Crippen LogP contribution is 2.16. The van der Waals surface area contributed by atoms with Crippen molar-refractivity contribution in [3.63, 3.8) is 0 Å². The molecule has 0 aromatic heterocycles. The molecule has 1 aromatic carbocycles. The van der Waals surface area contributed by atoms with Crippen molar-refractivity contribution in [3.05, 3.63) is 47.7 Å². The minimum absolute atomic E-state index is 0.00703. The molecule has 0 aliphatic carbocycles. The van der Waals surface area contributed by atoms with Crippen molar-refractivity contribution in [1.29, 1.82) is 0 Å². The topological polar surface area (TPSA) is 35.5 Å². The fourth-order valence-corrected chi connectivity index (χ4v) is 1.26. The minimum atomic E-state index is -2.00. The van der Waals surface area contributed by atoms with Crippen molar-refractivity contribution in [2.24, 2.45) is 0 Å². The summed E-state index contributed by atoms with van der Waals surface area (Å²) >= 11 is 0. The van der Waals surface area contributed by atoms with E-state index in [-0.39, 0.29) is 13.2 Å². The summed E-state index contributed by atoms with van der Waals surface area (Å²) in [6.07, 6.45) is -2.55. The number of hydrogen-bond acceptors (Lipinski definition) is 3. The molecule has 0 spiro atoms. The Balaban J connectivity index is 2.55. The lowest BCUT2D eigenvalue weighted by atomic mass is 10.2.